The SMILES string of the molecule is CC(C(=O)N1CCN(CCCCN)CC1)c1ccccc1. The van der Waals surface area contributed by atoms with Crippen molar-refractivity contribution < 1.29 is 4.79 Å². The number of carbonyl (C=O) groups is 1. The maximum Gasteiger partial charge on any atom is 0.229 e. The lowest BCUT2D eigenvalue weighted by molar-refractivity contribution is -0.134. The highest BCUT2D eigenvalue weighted by Gasteiger charge is 2.25. The predicted molar refractivity (Wildman–Crippen MR) is 86.2 cm³/mol. The van der Waals surface area contributed by atoms with Crippen LogP contribution in [0.2, 0.25) is 0 Å². The number of amides is 1. The molecule has 1 heterocycles. The fourth-order valence-electron chi connectivity index (χ4n) is 2.83. The standard InChI is InChI=1S/C17H27N3O/c1-15(16-7-3-2-4-8-16)17(21)20-13-11-19(12-14-20)10-6-5-9-18/h2-4,7-8,15H,5-6,9-14,18H2,1H3. The van der Waals surface area contributed by atoms with Crippen molar-refractivity contribution in [1.29, 1.82) is 0 Å². The topological polar surface area (TPSA) is 49.6 Å². The van der Waals surface area contributed by atoms with Crippen molar-refractivity contribution >= 4 is 5.91 Å². The molecule has 1 fully saturated rings. The largest absolute Gasteiger partial charge is 0.340 e. The molecule has 0 spiro atoms. The highest BCUT2D eigenvalue weighted by atomic mass is 16.2. The van der Waals surface area contributed by atoms with Crippen molar-refractivity contribution in [3.8, 4) is 0 Å². The maximum atomic E-state index is 12.6. The summed E-state index contributed by atoms with van der Waals surface area (Å²) in [5, 5.41) is 0. The summed E-state index contributed by atoms with van der Waals surface area (Å²) in [6.45, 7) is 7.54. The van der Waals surface area contributed by atoms with Gasteiger partial charge in [-0.2, -0.15) is 0 Å². The van der Waals surface area contributed by atoms with Crippen LogP contribution in [0.4, 0.5) is 0 Å². The summed E-state index contributed by atoms with van der Waals surface area (Å²) < 4.78 is 0. The smallest absolute Gasteiger partial charge is 0.229 e. The maximum absolute atomic E-state index is 12.6. The third-order valence-corrected chi connectivity index (χ3v) is 4.28. The van der Waals surface area contributed by atoms with Crippen molar-refractivity contribution in [3.63, 3.8) is 0 Å². The van der Waals surface area contributed by atoms with E-state index in [0.29, 0.717) is 0 Å². The van der Waals surface area contributed by atoms with Crippen LogP contribution in [0.15, 0.2) is 30.3 Å². The second kappa shape index (κ2) is 8.15. The van der Waals surface area contributed by atoms with Gasteiger partial charge in [-0.25, -0.2) is 0 Å². The number of hydrogen-bond donors (Lipinski definition) is 1. The van der Waals surface area contributed by atoms with Crippen molar-refractivity contribution in [2.45, 2.75) is 25.7 Å². The van der Waals surface area contributed by atoms with Crippen LogP contribution in [-0.4, -0.2) is 55.0 Å². The first-order valence-corrected chi connectivity index (χ1v) is 7.98. The second-order valence-electron chi connectivity index (χ2n) is 5.80. The summed E-state index contributed by atoms with van der Waals surface area (Å²) in [4.78, 5) is 17.0. The number of benzene rings is 1. The quantitative estimate of drug-likeness (QED) is 0.811. The molecular formula is C17H27N3O. The monoisotopic (exact) mass is 289 g/mol. The lowest BCUT2D eigenvalue weighted by atomic mass is 9.99. The van der Waals surface area contributed by atoms with Gasteiger partial charge in [-0.3, -0.25) is 9.69 Å². The summed E-state index contributed by atoms with van der Waals surface area (Å²) in [6, 6.07) is 10.0. The number of hydrogen-bond acceptors (Lipinski definition) is 3. The molecule has 0 bridgehead atoms. The van der Waals surface area contributed by atoms with Gasteiger partial charge in [-0.1, -0.05) is 30.3 Å². The fraction of sp³-hybridized carbons (Fsp3) is 0.588. The van der Waals surface area contributed by atoms with Crippen molar-refractivity contribution in [2.75, 3.05) is 39.3 Å². The van der Waals surface area contributed by atoms with Crippen molar-refractivity contribution in [1.82, 2.24) is 9.80 Å². The van der Waals surface area contributed by atoms with Crippen molar-refractivity contribution in [3.05, 3.63) is 35.9 Å². The van der Waals surface area contributed by atoms with Gasteiger partial charge in [0.05, 0.1) is 5.92 Å². The van der Waals surface area contributed by atoms with Gasteiger partial charge >= 0.3 is 0 Å². The molecular weight excluding hydrogens is 262 g/mol. The molecule has 4 heteroatoms. The van der Waals surface area contributed by atoms with E-state index in [4.69, 9.17) is 5.73 Å². The summed E-state index contributed by atoms with van der Waals surface area (Å²) in [5.74, 6) is 0.206. The van der Waals surface area contributed by atoms with Gasteiger partial charge < -0.3 is 10.6 Å². The van der Waals surface area contributed by atoms with Gasteiger partial charge in [-0.15, -0.1) is 0 Å². The van der Waals surface area contributed by atoms with Crippen LogP contribution in [-0.2, 0) is 4.79 Å². The Morgan fingerprint density at radius 1 is 1.14 bits per heavy atom. The van der Waals surface area contributed by atoms with Crippen LogP contribution < -0.4 is 5.73 Å². The Hall–Kier alpha value is -1.39. The van der Waals surface area contributed by atoms with Crippen LogP contribution in [0.1, 0.15) is 31.2 Å². The number of nitrogens with two attached hydrogens (primary N) is 1. The Balaban J connectivity index is 1.80. The molecule has 1 aromatic carbocycles. The molecule has 0 aliphatic carbocycles. The third-order valence-electron chi connectivity index (χ3n) is 4.28. The van der Waals surface area contributed by atoms with Gasteiger partial charge in [0.25, 0.3) is 0 Å². The number of unbranched alkanes of at least 4 members (excludes halogenated alkanes) is 1. The average molecular weight is 289 g/mol. The second-order valence-corrected chi connectivity index (χ2v) is 5.80. The Bertz CT molecular complexity index is 427. The lowest BCUT2D eigenvalue weighted by Gasteiger charge is -2.36. The minimum atomic E-state index is -0.0463. The number of piperazine rings is 1. The van der Waals surface area contributed by atoms with Gasteiger partial charge in [0.2, 0.25) is 5.91 Å². The number of carbonyl (C=O) groups excluding carboxylic acids is 1. The highest BCUT2D eigenvalue weighted by Crippen LogP contribution is 2.18. The minimum absolute atomic E-state index is 0.0463. The summed E-state index contributed by atoms with van der Waals surface area (Å²) >= 11 is 0. The van der Waals surface area contributed by atoms with E-state index in [1.165, 1.54) is 0 Å². The first kappa shape index (κ1) is 16.0. The zero-order valence-corrected chi connectivity index (χ0v) is 13.0. The molecule has 21 heavy (non-hydrogen) atoms. The van der Waals surface area contributed by atoms with Gasteiger partial charge in [0.15, 0.2) is 0 Å². The van der Waals surface area contributed by atoms with Crippen LogP contribution >= 0.6 is 0 Å². The average Bonchev–Trinajstić information content (AvgIpc) is 2.55. The summed E-state index contributed by atoms with van der Waals surface area (Å²) in [5.41, 5.74) is 6.63. The van der Waals surface area contributed by atoms with Crippen LogP contribution in [0.5, 0.6) is 0 Å². The molecule has 1 aliphatic rings. The van der Waals surface area contributed by atoms with Gasteiger partial charge in [0.1, 0.15) is 0 Å². The van der Waals surface area contributed by atoms with Crippen LogP contribution in [0, 0.1) is 0 Å². The fourth-order valence-corrected chi connectivity index (χ4v) is 2.83. The zero-order valence-electron chi connectivity index (χ0n) is 13.0. The molecule has 1 atom stereocenters. The molecule has 1 saturated heterocycles. The molecule has 116 valence electrons. The normalized spacial score (nSPS) is 17.7. The molecule has 2 N–H and O–H groups in total. The molecule has 4 nitrogen and oxygen atoms in total. The van der Waals surface area contributed by atoms with Gasteiger partial charge in [-0.05, 0) is 38.4 Å². The molecule has 0 radical (unpaired) electrons. The van der Waals surface area contributed by atoms with E-state index in [-0.39, 0.29) is 11.8 Å². The number of nitrogens with zero attached hydrogens (tertiary/aromatic N) is 2. The molecule has 1 amide bonds. The Morgan fingerprint density at radius 3 is 2.43 bits per heavy atom. The first-order valence-electron chi connectivity index (χ1n) is 7.98. The van der Waals surface area contributed by atoms with E-state index in [0.717, 1.165) is 57.7 Å². The molecule has 1 aliphatic heterocycles. The summed E-state index contributed by atoms with van der Waals surface area (Å²) in [6.07, 6.45) is 2.25. The van der Waals surface area contributed by atoms with E-state index in [1.807, 2.05) is 42.2 Å². The predicted octanol–water partition coefficient (Wildman–Crippen LogP) is 1.67. The first-order chi connectivity index (χ1) is 10.2. The van der Waals surface area contributed by atoms with E-state index < -0.39 is 0 Å². The Kier molecular flexibility index (Phi) is 6.21. The minimum Gasteiger partial charge on any atom is -0.340 e. The molecule has 1 unspecified atom stereocenters. The summed E-state index contributed by atoms with van der Waals surface area (Å²) in [7, 11) is 0. The Labute approximate surface area is 127 Å². The zero-order chi connectivity index (χ0) is 15.1. The van der Waals surface area contributed by atoms with E-state index in [2.05, 4.69) is 4.90 Å². The highest BCUT2D eigenvalue weighted by molar-refractivity contribution is 5.83. The van der Waals surface area contributed by atoms with Crippen LogP contribution in [0.25, 0.3) is 0 Å². The molecule has 0 aromatic heterocycles. The van der Waals surface area contributed by atoms with E-state index in [1.54, 1.807) is 0 Å². The molecule has 0 saturated carbocycles. The third kappa shape index (κ3) is 4.55. The number of rotatable bonds is 6. The van der Waals surface area contributed by atoms with Crippen molar-refractivity contribution in [2.24, 2.45) is 5.73 Å². The molecule has 2 rings (SSSR count). The Morgan fingerprint density at radius 2 is 1.81 bits per heavy atom. The van der Waals surface area contributed by atoms with Crippen LogP contribution in [0.3, 0.4) is 0 Å². The van der Waals surface area contributed by atoms with E-state index >= 15 is 0 Å². The van der Waals surface area contributed by atoms with Gasteiger partial charge in [0, 0.05) is 26.2 Å². The lowest BCUT2D eigenvalue weighted by Crippen LogP contribution is -2.49. The molecule has 1 aromatic rings. The van der Waals surface area contributed by atoms with E-state index in [9.17, 15) is 4.79 Å².